The van der Waals surface area contributed by atoms with E-state index in [1.165, 1.54) is 23.4 Å². The molecule has 6 heteroatoms. The molecule has 1 heterocycles. The van der Waals surface area contributed by atoms with Crippen LogP contribution < -0.4 is 10.6 Å². The average Bonchev–Trinajstić information content (AvgIpc) is 2.80. The number of anilines is 2. The summed E-state index contributed by atoms with van der Waals surface area (Å²) in [5.74, 6) is 0. The molecule has 0 amide bonds. The van der Waals surface area contributed by atoms with E-state index in [-0.39, 0.29) is 0 Å². The van der Waals surface area contributed by atoms with Crippen LogP contribution in [0.3, 0.4) is 0 Å². The molecule has 0 saturated carbocycles. The van der Waals surface area contributed by atoms with Crippen molar-refractivity contribution in [3.63, 3.8) is 0 Å². The van der Waals surface area contributed by atoms with Crippen molar-refractivity contribution >= 4 is 51.1 Å². The number of benzene rings is 1. The summed E-state index contributed by atoms with van der Waals surface area (Å²) in [5, 5.41) is 8.36. The topological polar surface area (TPSA) is 37.0 Å². The number of nitrogens with zero attached hydrogens (tertiary/aromatic N) is 1. The van der Waals surface area contributed by atoms with Gasteiger partial charge in [-0.15, -0.1) is 11.3 Å². The van der Waals surface area contributed by atoms with Crippen LogP contribution in [0.5, 0.6) is 0 Å². The minimum absolute atomic E-state index is 0.540. The number of aryl methyl sites for hydroxylation is 2. The third-order valence-corrected chi connectivity index (χ3v) is 4.66. The van der Waals surface area contributed by atoms with Crippen LogP contribution >= 0.6 is 35.2 Å². The van der Waals surface area contributed by atoms with Crippen molar-refractivity contribution in [1.82, 2.24) is 4.98 Å². The van der Waals surface area contributed by atoms with E-state index in [0.29, 0.717) is 10.1 Å². The zero-order valence-electron chi connectivity index (χ0n) is 10.8. The normalized spacial score (nSPS) is 13.7. The smallest absolute Gasteiger partial charge is 0.189 e. The largest absolute Gasteiger partial charge is 0.332 e. The maximum absolute atomic E-state index is 5.94. The summed E-state index contributed by atoms with van der Waals surface area (Å²) in [6.45, 7) is 0. The van der Waals surface area contributed by atoms with E-state index in [1.54, 1.807) is 11.3 Å². The average molecular weight is 324 g/mol. The quantitative estimate of drug-likeness (QED) is 0.799. The molecular weight excluding hydrogens is 310 g/mol. The molecule has 1 aliphatic carbocycles. The number of aromatic nitrogens is 1. The first-order valence-electron chi connectivity index (χ1n) is 6.53. The van der Waals surface area contributed by atoms with Crippen LogP contribution in [0.2, 0.25) is 5.02 Å². The van der Waals surface area contributed by atoms with Crippen molar-refractivity contribution in [3.05, 3.63) is 39.9 Å². The maximum Gasteiger partial charge on any atom is 0.189 e. The van der Waals surface area contributed by atoms with Gasteiger partial charge in [0.05, 0.1) is 5.69 Å². The predicted octanol–water partition coefficient (Wildman–Crippen LogP) is 4.48. The van der Waals surface area contributed by atoms with E-state index < -0.39 is 0 Å². The van der Waals surface area contributed by atoms with E-state index in [2.05, 4.69) is 15.6 Å². The lowest BCUT2D eigenvalue weighted by Gasteiger charge is -2.08. The molecule has 104 valence electrons. The number of nitrogens with one attached hydrogen (secondary N) is 2. The fourth-order valence-corrected chi connectivity index (χ4v) is 3.75. The summed E-state index contributed by atoms with van der Waals surface area (Å²) >= 11 is 12.9. The Balaban J connectivity index is 1.65. The van der Waals surface area contributed by atoms with Gasteiger partial charge in [-0.05, 0) is 56.1 Å². The van der Waals surface area contributed by atoms with Crippen LogP contribution in [0.4, 0.5) is 10.8 Å². The fraction of sp³-hybridized carbons (Fsp3) is 0.286. The van der Waals surface area contributed by atoms with E-state index >= 15 is 0 Å². The molecular formula is C14H14ClN3S2. The second-order valence-electron chi connectivity index (χ2n) is 4.69. The van der Waals surface area contributed by atoms with Gasteiger partial charge < -0.3 is 10.6 Å². The molecule has 2 aromatic rings. The first-order valence-corrected chi connectivity index (χ1v) is 8.13. The van der Waals surface area contributed by atoms with E-state index in [9.17, 15) is 0 Å². The van der Waals surface area contributed by atoms with Crippen LogP contribution in [0, 0.1) is 0 Å². The van der Waals surface area contributed by atoms with Gasteiger partial charge in [-0.25, -0.2) is 4.98 Å². The molecule has 0 radical (unpaired) electrons. The molecule has 3 rings (SSSR count). The Morgan fingerprint density at radius 2 is 2.10 bits per heavy atom. The molecule has 1 aromatic heterocycles. The van der Waals surface area contributed by atoms with Gasteiger partial charge in [0.2, 0.25) is 0 Å². The lowest BCUT2D eigenvalue weighted by molar-refractivity contribution is 0.683. The number of rotatable bonds is 2. The van der Waals surface area contributed by atoms with Crippen LogP contribution in [-0.2, 0) is 12.8 Å². The molecule has 0 atom stereocenters. The van der Waals surface area contributed by atoms with Gasteiger partial charge >= 0.3 is 0 Å². The number of thiazole rings is 1. The summed E-state index contributed by atoms with van der Waals surface area (Å²) in [5.41, 5.74) is 2.10. The van der Waals surface area contributed by atoms with Crippen molar-refractivity contribution in [2.24, 2.45) is 0 Å². The molecule has 1 aliphatic rings. The Hall–Kier alpha value is -1.17. The van der Waals surface area contributed by atoms with E-state index in [0.717, 1.165) is 23.7 Å². The van der Waals surface area contributed by atoms with Crippen molar-refractivity contribution in [3.8, 4) is 0 Å². The van der Waals surface area contributed by atoms with E-state index in [4.69, 9.17) is 23.8 Å². The zero-order valence-corrected chi connectivity index (χ0v) is 13.2. The molecule has 0 spiro atoms. The molecule has 0 unspecified atom stereocenters. The van der Waals surface area contributed by atoms with Crippen LogP contribution in [0.15, 0.2) is 24.3 Å². The summed E-state index contributed by atoms with van der Waals surface area (Å²) in [4.78, 5) is 6.00. The first-order chi connectivity index (χ1) is 9.70. The van der Waals surface area contributed by atoms with Crippen LogP contribution in [0.1, 0.15) is 23.4 Å². The highest BCUT2D eigenvalue weighted by Crippen LogP contribution is 2.29. The molecule has 20 heavy (non-hydrogen) atoms. The minimum Gasteiger partial charge on any atom is -0.332 e. The van der Waals surface area contributed by atoms with Gasteiger partial charge in [0, 0.05) is 15.6 Å². The van der Waals surface area contributed by atoms with Gasteiger partial charge in [0.1, 0.15) is 0 Å². The standard InChI is InChI=1S/C14H14ClN3S2/c15-9-4-3-5-10(8-9)16-13(19)18-14-17-11-6-1-2-7-12(11)20-14/h3-5,8H,1-2,6-7H2,(H2,16,17,18,19). The third kappa shape index (κ3) is 3.29. The number of thiocarbonyl (C=S) groups is 1. The zero-order chi connectivity index (χ0) is 13.9. The van der Waals surface area contributed by atoms with Gasteiger partial charge in [-0.2, -0.15) is 0 Å². The predicted molar refractivity (Wildman–Crippen MR) is 90.1 cm³/mol. The number of hydrogen-bond acceptors (Lipinski definition) is 3. The molecule has 1 aromatic carbocycles. The highest BCUT2D eigenvalue weighted by Gasteiger charge is 2.15. The Bertz CT molecular complexity index is 616. The molecule has 0 saturated heterocycles. The lowest BCUT2D eigenvalue weighted by Crippen LogP contribution is -2.18. The van der Waals surface area contributed by atoms with Crippen molar-refractivity contribution in [2.75, 3.05) is 10.6 Å². The molecule has 3 nitrogen and oxygen atoms in total. The monoisotopic (exact) mass is 323 g/mol. The Kier molecular flexibility index (Phi) is 4.19. The Labute approximate surface area is 132 Å². The number of halogens is 1. The molecule has 2 N–H and O–H groups in total. The Morgan fingerprint density at radius 1 is 1.25 bits per heavy atom. The fourth-order valence-electron chi connectivity index (χ4n) is 2.23. The maximum atomic E-state index is 5.94. The number of hydrogen-bond donors (Lipinski definition) is 2. The summed E-state index contributed by atoms with van der Waals surface area (Å²) < 4.78 is 0. The Morgan fingerprint density at radius 3 is 2.90 bits per heavy atom. The summed E-state index contributed by atoms with van der Waals surface area (Å²) in [7, 11) is 0. The highest BCUT2D eigenvalue weighted by molar-refractivity contribution is 7.80. The summed E-state index contributed by atoms with van der Waals surface area (Å²) in [6.07, 6.45) is 4.73. The van der Waals surface area contributed by atoms with Gasteiger partial charge in [-0.3, -0.25) is 0 Å². The SMILES string of the molecule is S=C(Nc1cccc(Cl)c1)Nc1nc2c(s1)CCCC2. The lowest BCUT2D eigenvalue weighted by atomic mass is 10.0. The van der Waals surface area contributed by atoms with Gasteiger partial charge in [-0.1, -0.05) is 17.7 Å². The second-order valence-corrected chi connectivity index (χ2v) is 6.61. The van der Waals surface area contributed by atoms with Crippen molar-refractivity contribution in [1.29, 1.82) is 0 Å². The van der Waals surface area contributed by atoms with Crippen LogP contribution in [0.25, 0.3) is 0 Å². The minimum atomic E-state index is 0.540. The highest BCUT2D eigenvalue weighted by atomic mass is 35.5. The second kappa shape index (κ2) is 6.08. The molecule has 0 aliphatic heterocycles. The first kappa shape index (κ1) is 13.8. The van der Waals surface area contributed by atoms with Gasteiger partial charge in [0.25, 0.3) is 0 Å². The van der Waals surface area contributed by atoms with Crippen molar-refractivity contribution in [2.45, 2.75) is 25.7 Å². The van der Waals surface area contributed by atoms with Crippen molar-refractivity contribution < 1.29 is 0 Å². The molecule has 0 fully saturated rings. The van der Waals surface area contributed by atoms with Gasteiger partial charge in [0.15, 0.2) is 10.2 Å². The molecule has 0 bridgehead atoms. The van der Waals surface area contributed by atoms with Crippen LogP contribution in [-0.4, -0.2) is 10.1 Å². The number of fused-ring (bicyclic) bond motifs is 1. The van der Waals surface area contributed by atoms with E-state index in [1.807, 2.05) is 24.3 Å². The summed E-state index contributed by atoms with van der Waals surface area (Å²) in [6, 6.07) is 7.47. The third-order valence-electron chi connectivity index (χ3n) is 3.15.